The van der Waals surface area contributed by atoms with Crippen LogP contribution in [-0.4, -0.2) is 60.0 Å². The van der Waals surface area contributed by atoms with Crippen LogP contribution < -0.4 is 15.2 Å². The Labute approximate surface area is 326 Å². The molecule has 6 atom stereocenters. The lowest BCUT2D eigenvalue weighted by molar-refractivity contribution is -0.138. The van der Waals surface area contributed by atoms with Gasteiger partial charge in [0.2, 0.25) is 11.8 Å². The first-order valence-electron chi connectivity index (χ1n) is 19.4. The normalized spacial score (nSPS) is 27.1. The van der Waals surface area contributed by atoms with Gasteiger partial charge in [-0.2, -0.15) is 5.01 Å². The zero-order valence-electron chi connectivity index (χ0n) is 31.3. The van der Waals surface area contributed by atoms with Crippen LogP contribution in [0.2, 0.25) is 0 Å². The van der Waals surface area contributed by atoms with Crippen molar-refractivity contribution >= 4 is 40.7 Å². The molecule has 5 aliphatic rings. The van der Waals surface area contributed by atoms with Crippen LogP contribution in [0.5, 0.6) is 5.75 Å². The number of carbonyl (C=O) groups is 4. The van der Waals surface area contributed by atoms with Crippen LogP contribution in [0.25, 0.3) is 0 Å². The molecule has 4 aromatic rings. The number of anilines is 3. The van der Waals surface area contributed by atoms with E-state index in [1.54, 1.807) is 6.08 Å². The largest absolute Gasteiger partial charge is 0.507 e. The summed E-state index contributed by atoms with van der Waals surface area (Å²) in [4.78, 5) is 63.0. The van der Waals surface area contributed by atoms with Crippen molar-refractivity contribution in [2.75, 3.05) is 41.5 Å². The fourth-order valence-electron chi connectivity index (χ4n) is 10.1. The quantitative estimate of drug-likeness (QED) is 0.156. The smallest absolute Gasteiger partial charge is 0.260 e. The minimum atomic E-state index is -1.48. The number of allylic oxidation sites excluding steroid dienone is 3. The molecule has 6 unspecified atom stereocenters. The molecule has 3 saturated heterocycles. The number of hydrogen-bond donors (Lipinski definition) is 2. The van der Waals surface area contributed by atoms with E-state index in [4.69, 9.17) is 4.74 Å². The van der Waals surface area contributed by atoms with Gasteiger partial charge in [0.1, 0.15) is 5.75 Å². The molecule has 4 amide bonds. The van der Waals surface area contributed by atoms with E-state index >= 15 is 4.79 Å². The number of aryl methyl sites for hydroxylation is 1. The predicted molar refractivity (Wildman–Crippen MR) is 213 cm³/mol. The number of ether oxygens (including phenoxy) is 1. The van der Waals surface area contributed by atoms with E-state index in [1.807, 2.05) is 110 Å². The van der Waals surface area contributed by atoms with Gasteiger partial charge in [-0.15, -0.1) is 6.58 Å². The summed E-state index contributed by atoms with van der Waals surface area (Å²) in [6.45, 7) is 8.66. The van der Waals surface area contributed by atoms with Gasteiger partial charge in [0.25, 0.3) is 11.8 Å². The van der Waals surface area contributed by atoms with E-state index in [2.05, 4.69) is 16.9 Å². The number of phenols is 1. The van der Waals surface area contributed by atoms with E-state index in [-0.39, 0.29) is 30.4 Å². The lowest BCUT2D eigenvalue weighted by Crippen LogP contribution is -2.53. The topological polar surface area (TPSA) is 119 Å². The van der Waals surface area contributed by atoms with Gasteiger partial charge in [-0.25, -0.2) is 0 Å². The Morgan fingerprint density at radius 1 is 0.839 bits per heavy atom. The van der Waals surface area contributed by atoms with E-state index in [9.17, 15) is 19.5 Å². The summed E-state index contributed by atoms with van der Waals surface area (Å²) in [6.07, 6.45) is 4.58. The Morgan fingerprint density at radius 3 is 2.27 bits per heavy atom. The van der Waals surface area contributed by atoms with Gasteiger partial charge in [0.05, 0.1) is 47.8 Å². The molecule has 2 aliphatic carbocycles. The molecule has 0 radical (unpaired) electrons. The maximum absolute atomic E-state index is 15.4. The van der Waals surface area contributed by atoms with E-state index in [0.29, 0.717) is 47.7 Å². The highest BCUT2D eigenvalue weighted by Gasteiger charge is 2.70. The summed E-state index contributed by atoms with van der Waals surface area (Å²) in [5, 5.41) is 13.2. The second-order valence-corrected chi connectivity index (χ2v) is 15.6. The molecule has 56 heavy (non-hydrogen) atoms. The maximum Gasteiger partial charge on any atom is 0.260 e. The van der Waals surface area contributed by atoms with Gasteiger partial charge < -0.3 is 14.7 Å². The Hall–Kier alpha value is -6.00. The molecule has 0 spiro atoms. The summed E-state index contributed by atoms with van der Waals surface area (Å²) >= 11 is 0. The third-order valence-electron chi connectivity index (χ3n) is 12.7. The molecule has 10 nitrogen and oxygen atoms in total. The number of benzene rings is 4. The molecule has 0 bridgehead atoms. The standard InChI is InChI=1S/C46H44N4O6/c1-3-8-29-9-7-12-36(41(29)51)40-34-21-22-35-39(44(54)49(42(35)52)33-19-17-32(18-20-33)48-23-25-56-26-24-48)37(34)27-38-43(53)50(47-31-15-13-28(2)14-16-31)45(55)46(38,40)30-10-5-4-6-11-30/h3-7,9-21,35,37-40,47,51H,1,8,22-27H2,2H3. The number of morpholine rings is 1. The lowest BCUT2D eigenvalue weighted by atomic mass is 9.49. The molecule has 4 aromatic carbocycles. The minimum absolute atomic E-state index is 0.0242. The van der Waals surface area contributed by atoms with Gasteiger partial charge in [0.15, 0.2) is 0 Å². The Balaban J connectivity index is 1.18. The molecule has 2 N–H and O–H groups in total. The van der Waals surface area contributed by atoms with Crippen molar-refractivity contribution in [1.82, 2.24) is 5.01 Å². The molecule has 3 aliphatic heterocycles. The Bertz CT molecular complexity index is 2260. The van der Waals surface area contributed by atoms with Crippen LogP contribution in [0.15, 0.2) is 121 Å². The van der Waals surface area contributed by atoms with Crippen LogP contribution in [0.3, 0.4) is 0 Å². The molecule has 3 heterocycles. The molecule has 0 aromatic heterocycles. The monoisotopic (exact) mass is 748 g/mol. The number of nitrogens with one attached hydrogen (secondary N) is 1. The molecule has 4 fully saturated rings. The van der Waals surface area contributed by atoms with E-state index < -0.39 is 46.8 Å². The average molecular weight is 749 g/mol. The first-order chi connectivity index (χ1) is 27.2. The van der Waals surface area contributed by atoms with Gasteiger partial charge in [-0.1, -0.05) is 84.0 Å². The van der Waals surface area contributed by atoms with Crippen molar-refractivity contribution in [3.8, 4) is 5.75 Å². The number of phenolic OH excluding ortho intramolecular Hbond substituents is 1. The number of hydrogen-bond acceptors (Lipinski definition) is 8. The number of hydrazine groups is 1. The molecular weight excluding hydrogens is 705 g/mol. The molecule has 9 rings (SSSR count). The third-order valence-corrected chi connectivity index (χ3v) is 12.7. The van der Waals surface area contributed by atoms with Crippen LogP contribution in [0, 0.1) is 30.6 Å². The highest BCUT2D eigenvalue weighted by atomic mass is 16.5. The summed E-state index contributed by atoms with van der Waals surface area (Å²) < 4.78 is 5.51. The van der Waals surface area contributed by atoms with Gasteiger partial charge in [-0.05, 0) is 79.6 Å². The number of imide groups is 2. The number of fused-ring (bicyclic) bond motifs is 4. The SMILES string of the molecule is C=CCc1cccc(C2C3=CCC4C(=O)N(c5ccc(N6CCOCC6)cc5)C(=O)C4C3CC3C(=O)N(Nc4ccc(C)cc4)C(=O)C32c2ccccc2)c1O. The predicted octanol–water partition coefficient (Wildman–Crippen LogP) is 6.46. The summed E-state index contributed by atoms with van der Waals surface area (Å²) in [5.74, 6) is -5.08. The van der Waals surface area contributed by atoms with Crippen LogP contribution in [0.1, 0.15) is 41.0 Å². The number of carbonyl (C=O) groups excluding carboxylic acids is 4. The molecule has 10 heteroatoms. The van der Waals surface area contributed by atoms with Crippen molar-refractivity contribution in [2.45, 2.75) is 37.5 Å². The average Bonchev–Trinajstić information content (AvgIpc) is 3.61. The fourth-order valence-corrected chi connectivity index (χ4v) is 10.1. The first-order valence-corrected chi connectivity index (χ1v) is 19.4. The van der Waals surface area contributed by atoms with Gasteiger partial charge >= 0.3 is 0 Å². The number of rotatable bonds is 8. The minimum Gasteiger partial charge on any atom is -0.507 e. The zero-order chi connectivity index (χ0) is 38.7. The van der Waals surface area contributed by atoms with E-state index in [0.717, 1.165) is 34.9 Å². The fraction of sp³-hybridized carbons (Fsp3) is 0.304. The maximum atomic E-state index is 15.4. The third kappa shape index (κ3) is 5.41. The van der Waals surface area contributed by atoms with Gasteiger partial charge in [-0.3, -0.25) is 29.5 Å². The lowest BCUT2D eigenvalue weighted by Gasteiger charge is -2.50. The van der Waals surface area contributed by atoms with E-state index in [1.165, 1.54) is 4.90 Å². The molecular formula is C46H44N4O6. The second-order valence-electron chi connectivity index (χ2n) is 15.6. The number of nitrogens with zero attached hydrogens (tertiary/aromatic N) is 3. The number of amides is 4. The van der Waals surface area contributed by atoms with Gasteiger partial charge in [0, 0.05) is 30.3 Å². The Kier molecular flexibility index (Phi) is 8.88. The van der Waals surface area contributed by atoms with Crippen molar-refractivity contribution in [2.24, 2.45) is 23.7 Å². The molecule has 284 valence electrons. The van der Waals surface area contributed by atoms with Crippen molar-refractivity contribution in [3.05, 3.63) is 144 Å². The van der Waals surface area contributed by atoms with Crippen molar-refractivity contribution < 1.29 is 29.0 Å². The number of para-hydroxylation sites is 1. The van der Waals surface area contributed by atoms with Crippen LogP contribution in [0.4, 0.5) is 17.1 Å². The highest BCUT2D eigenvalue weighted by molar-refractivity contribution is 6.22. The van der Waals surface area contributed by atoms with Crippen LogP contribution in [-0.2, 0) is 35.8 Å². The first kappa shape index (κ1) is 35.7. The summed E-state index contributed by atoms with van der Waals surface area (Å²) in [6, 6.07) is 29.8. The zero-order valence-corrected chi connectivity index (χ0v) is 31.3. The van der Waals surface area contributed by atoms with Crippen LogP contribution >= 0.6 is 0 Å². The van der Waals surface area contributed by atoms with Crippen molar-refractivity contribution in [1.29, 1.82) is 0 Å². The second kappa shape index (κ2) is 13.9. The highest BCUT2D eigenvalue weighted by Crippen LogP contribution is 2.65. The Morgan fingerprint density at radius 2 is 1.55 bits per heavy atom. The summed E-state index contributed by atoms with van der Waals surface area (Å²) in [7, 11) is 0. The number of aromatic hydroxyl groups is 1. The summed E-state index contributed by atoms with van der Waals surface area (Å²) in [5.41, 5.74) is 7.35. The molecule has 1 saturated carbocycles. The van der Waals surface area contributed by atoms with Crippen molar-refractivity contribution in [3.63, 3.8) is 0 Å².